The molecule has 0 fully saturated rings. The van der Waals surface area contributed by atoms with Gasteiger partial charge in [-0.05, 0) is 19.5 Å². The van der Waals surface area contributed by atoms with Gasteiger partial charge >= 0.3 is 0 Å². The summed E-state index contributed by atoms with van der Waals surface area (Å²) in [5.74, 6) is 0. The van der Waals surface area contributed by atoms with Crippen molar-refractivity contribution in [3.05, 3.63) is 12.7 Å². The molecule has 0 rings (SSSR count). The van der Waals surface area contributed by atoms with E-state index in [1.807, 2.05) is 6.08 Å². The highest BCUT2D eigenvalue weighted by Crippen LogP contribution is 1.89. The average molecular weight is 164 g/mol. The van der Waals surface area contributed by atoms with E-state index in [0.29, 0.717) is 0 Å². The molecule has 0 aromatic rings. The maximum Gasteiger partial charge on any atom is 0.00156 e. The largest absolute Gasteiger partial charge is 0.304 e. The van der Waals surface area contributed by atoms with Gasteiger partial charge in [0.2, 0.25) is 0 Å². The summed E-state index contributed by atoms with van der Waals surface area (Å²) in [5.41, 5.74) is 0. The Kier molecular flexibility index (Phi) is 11.4. The standard InChI is InChI=1S/C8H17N.ClH/c1-4-7-8-9(5-2)6-3;/h4H,1,5-8H2,2-3H3;1H. The van der Waals surface area contributed by atoms with Crippen molar-refractivity contribution in [1.29, 1.82) is 0 Å². The maximum absolute atomic E-state index is 3.67. The van der Waals surface area contributed by atoms with Gasteiger partial charge in [-0.3, -0.25) is 0 Å². The summed E-state index contributed by atoms with van der Waals surface area (Å²) >= 11 is 0. The second-order valence-electron chi connectivity index (χ2n) is 2.10. The first-order valence-electron chi connectivity index (χ1n) is 3.68. The highest BCUT2D eigenvalue weighted by Gasteiger charge is 1.93. The van der Waals surface area contributed by atoms with E-state index in [-0.39, 0.29) is 12.4 Å². The minimum atomic E-state index is 0. The van der Waals surface area contributed by atoms with Gasteiger partial charge in [0, 0.05) is 6.54 Å². The molecule has 0 unspecified atom stereocenters. The van der Waals surface area contributed by atoms with E-state index in [1.165, 1.54) is 0 Å². The van der Waals surface area contributed by atoms with Crippen LogP contribution in [0.4, 0.5) is 0 Å². The molecule has 0 atom stereocenters. The summed E-state index contributed by atoms with van der Waals surface area (Å²) in [6.45, 7) is 11.5. The molecule has 0 spiro atoms. The highest BCUT2D eigenvalue weighted by atomic mass is 35.5. The Labute approximate surface area is 70.5 Å². The van der Waals surface area contributed by atoms with E-state index >= 15 is 0 Å². The molecule has 0 saturated heterocycles. The smallest absolute Gasteiger partial charge is 0.00156 e. The first-order chi connectivity index (χ1) is 4.35. The summed E-state index contributed by atoms with van der Waals surface area (Å²) < 4.78 is 0. The second-order valence-corrected chi connectivity index (χ2v) is 2.10. The van der Waals surface area contributed by atoms with Crippen LogP contribution in [-0.4, -0.2) is 24.5 Å². The zero-order valence-corrected chi connectivity index (χ0v) is 7.78. The van der Waals surface area contributed by atoms with E-state index in [2.05, 4.69) is 25.3 Å². The van der Waals surface area contributed by atoms with Gasteiger partial charge in [-0.2, -0.15) is 0 Å². The van der Waals surface area contributed by atoms with Crippen LogP contribution in [0.15, 0.2) is 12.7 Å². The molecule has 1 nitrogen and oxygen atoms in total. The summed E-state index contributed by atoms with van der Waals surface area (Å²) in [6.07, 6.45) is 3.08. The van der Waals surface area contributed by atoms with Crippen LogP contribution in [0, 0.1) is 0 Å². The van der Waals surface area contributed by atoms with Crippen LogP contribution in [-0.2, 0) is 0 Å². The Hall–Kier alpha value is -0.0100. The van der Waals surface area contributed by atoms with Crippen LogP contribution in [0.5, 0.6) is 0 Å². The van der Waals surface area contributed by atoms with E-state index < -0.39 is 0 Å². The van der Waals surface area contributed by atoms with Gasteiger partial charge in [-0.25, -0.2) is 0 Å². The Balaban J connectivity index is 0. The lowest BCUT2D eigenvalue weighted by molar-refractivity contribution is 0.310. The first kappa shape index (κ1) is 12.6. The van der Waals surface area contributed by atoms with E-state index in [1.54, 1.807) is 0 Å². The summed E-state index contributed by atoms with van der Waals surface area (Å²) in [5, 5.41) is 0. The fourth-order valence-electron chi connectivity index (χ4n) is 0.814. The van der Waals surface area contributed by atoms with Crippen LogP contribution in [0.25, 0.3) is 0 Å². The Morgan fingerprint density at radius 2 is 1.80 bits per heavy atom. The molecular weight excluding hydrogens is 146 g/mol. The Morgan fingerprint density at radius 3 is 2.10 bits per heavy atom. The fraction of sp³-hybridized carbons (Fsp3) is 0.750. The molecular formula is C8H18ClN. The van der Waals surface area contributed by atoms with Crippen molar-refractivity contribution in [2.75, 3.05) is 19.6 Å². The van der Waals surface area contributed by atoms with Crippen molar-refractivity contribution in [2.24, 2.45) is 0 Å². The molecule has 0 aliphatic rings. The lowest BCUT2D eigenvalue weighted by Gasteiger charge is -2.15. The Morgan fingerprint density at radius 1 is 1.30 bits per heavy atom. The molecule has 0 aliphatic carbocycles. The van der Waals surface area contributed by atoms with Crippen molar-refractivity contribution in [2.45, 2.75) is 20.3 Å². The van der Waals surface area contributed by atoms with E-state index in [9.17, 15) is 0 Å². The van der Waals surface area contributed by atoms with Crippen molar-refractivity contribution in [1.82, 2.24) is 4.90 Å². The predicted molar refractivity (Wildman–Crippen MR) is 49.9 cm³/mol. The molecule has 0 aliphatic heterocycles. The SMILES string of the molecule is C=CCCN(CC)CC.Cl. The first-order valence-corrected chi connectivity index (χ1v) is 3.68. The fourth-order valence-corrected chi connectivity index (χ4v) is 0.814. The molecule has 0 aromatic heterocycles. The average Bonchev–Trinajstić information content (AvgIpc) is 1.91. The number of nitrogens with zero attached hydrogens (tertiary/aromatic N) is 1. The van der Waals surface area contributed by atoms with Gasteiger partial charge in [0.1, 0.15) is 0 Å². The summed E-state index contributed by atoms with van der Waals surface area (Å²) in [6, 6.07) is 0. The highest BCUT2D eigenvalue weighted by molar-refractivity contribution is 5.85. The maximum atomic E-state index is 3.67. The molecule has 0 bridgehead atoms. The van der Waals surface area contributed by atoms with Crippen molar-refractivity contribution in [3.63, 3.8) is 0 Å². The van der Waals surface area contributed by atoms with Gasteiger partial charge in [0.15, 0.2) is 0 Å². The molecule has 0 saturated carbocycles. The lowest BCUT2D eigenvalue weighted by Crippen LogP contribution is -2.23. The van der Waals surface area contributed by atoms with Crippen molar-refractivity contribution >= 4 is 12.4 Å². The van der Waals surface area contributed by atoms with Crippen LogP contribution >= 0.6 is 12.4 Å². The third kappa shape index (κ3) is 6.12. The Bertz CT molecular complexity index is 69.7. The quantitative estimate of drug-likeness (QED) is 0.563. The van der Waals surface area contributed by atoms with Crippen LogP contribution in [0.3, 0.4) is 0 Å². The molecule has 10 heavy (non-hydrogen) atoms. The van der Waals surface area contributed by atoms with Gasteiger partial charge in [0.05, 0.1) is 0 Å². The van der Waals surface area contributed by atoms with Crippen LogP contribution < -0.4 is 0 Å². The third-order valence-corrected chi connectivity index (χ3v) is 1.54. The van der Waals surface area contributed by atoms with Gasteiger partial charge in [-0.1, -0.05) is 19.9 Å². The topological polar surface area (TPSA) is 3.24 Å². The summed E-state index contributed by atoms with van der Waals surface area (Å²) in [7, 11) is 0. The molecule has 0 heterocycles. The van der Waals surface area contributed by atoms with Crippen molar-refractivity contribution in [3.8, 4) is 0 Å². The zero-order valence-electron chi connectivity index (χ0n) is 6.97. The zero-order chi connectivity index (χ0) is 7.11. The molecule has 0 N–H and O–H groups in total. The lowest BCUT2D eigenvalue weighted by atomic mass is 10.4. The molecule has 2 heteroatoms. The molecule has 0 amide bonds. The monoisotopic (exact) mass is 163 g/mol. The minimum Gasteiger partial charge on any atom is -0.304 e. The van der Waals surface area contributed by atoms with Gasteiger partial charge in [-0.15, -0.1) is 19.0 Å². The number of hydrogen-bond donors (Lipinski definition) is 0. The van der Waals surface area contributed by atoms with Gasteiger partial charge in [0.25, 0.3) is 0 Å². The van der Waals surface area contributed by atoms with E-state index in [0.717, 1.165) is 26.1 Å². The second kappa shape index (κ2) is 8.99. The summed E-state index contributed by atoms with van der Waals surface area (Å²) in [4.78, 5) is 2.39. The predicted octanol–water partition coefficient (Wildman–Crippen LogP) is 2.33. The molecule has 62 valence electrons. The van der Waals surface area contributed by atoms with Gasteiger partial charge < -0.3 is 4.90 Å². The van der Waals surface area contributed by atoms with Crippen LogP contribution in [0.2, 0.25) is 0 Å². The normalized spacial score (nSPS) is 9.10. The van der Waals surface area contributed by atoms with Crippen molar-refractivity contribution < 1.29 is 0 Å². The number of hydrogen-bond acceptors (Lipinski definition) is 1. The molecule has 0 aromatic carbocycles. The number of rotatable bonds is 5. The minimum absolute atomic E-state index is 0. The third-order valence-electron chi connectivity index (χ3n) is 1.54. The van der Waals surface area contributed by atoms with E-state index in [4.69, 9.17) is 0 Å². The van der Waals surface area contributed by atoms with Crippen LogP contribution in [0.1, 0.15) is 20.3 Å². The number of halogens is 1. The molecule has 0 radical (unpaired) electrons.